The van der Waals surface area contributed by atoms with Crippen LogP contribution in [0.5, 0.6) is 0 Å². The van der Waals surface area contributed by atoms with Crippen molar-refractivity contribution in [1.82, 2.24) is 19.4 Å². The van der Waals surface area contributed by atoms with Crippen LogP contribution in [0.3, 0.4) is 0 Å². The van der Waals surface area contributed by atoms with Crippen molar-refractivity contribution >= 4 is 5.65 Å². The van der Waals surface area contributed by atoms with Crippen LogP contribution < -0.4 is 0 Å². The Morgan fingerprint density at radius 2 is 1.69 bits per heavy atom. The molecular formula is C24H17FN4. The fourth-order valence-electron chi connectivity index (χ4n) is 3.41. The second kappa shape index (κ2) is 6.95. The summed E-state index contributed by atoms with van der Waals surface area (Å²) in [7, 11) is 0. The monoisotopic (exact) mass is 380 g/mol. The molecule has 0 saturated heterocycles. The maximum absolute atomic E-state index is 13.6. The normalized spacial score (nSPS) is 11.1. The van der Waals surface area contributed by atoms with Crippen molar-refractivity contribution in [1.29, 1.82) is 0 Å². The summed E-state index contributed by atoms with van der Waals surface area (Å²) in [5.74, 6) is -0.275. The fraction of sp³-hybridized carbons (Fsp3) is 0.0417. The van der Waals surface area contributed by atoms with Gasteiger partial charge in [-0.25, -0.2) is 9.37 Å². The molecule has 4 nitrogen and oxygen atoms in total. The zero-order valence-electron chi connectivity index (χ0n) is 15.7. The van der Waals surface area contributed by atoms with Gasteiger partial charge in [-0.2, -0.15) is 0 Å². The predicted octanol–water partition coefficient (Wildman–Crippen LogP) is 5.57. The topological polar surface area (TPSA) is 43.1 Å². The molecule has 5 rings (SSSR count). The quantitative estimate of drug-likeness (QED) is 0.411. The Morgan fingerprint density at radius 3 is 2.52 bits per heavy atom. The predicted molar refractivity (Wildman–Crippen MR) is 112 cm³/mol. The van der Waals surface area contributed by atoms with Gasteiger partial charge in [-0.05, 0) is 55.0 Å². The standard InChI is InChI=1S/C24H17FN4/c1-16-5-6-20(14-27-16)17-8-10-29-23(15-28-24(29)13-17)19-7-9-26-22(12-19)18-3-2-4-21(25)11-18/h2-15H,1H3. The van der Waals surface area contributed by atoms with Gasteiger partial charge in [0.25, 0.3) is 0 Å². The highest BCUT2D eigenvalue weighted by atomic mass is 19.1. The molecule has 0 spiro atoms. The second-order valence-electron chi connectivity index (χ2n) is 6.92. The lowest BCUT2D eigenvalue weighted by atomic mass is 10.1. The van der Waals surface area contributed by atoms with E-state index in [1.807, 2.05) is 60.2 Å². The molecule has 5 heteroatoms. The summed E-state index contributed by atoms with van der Waals surface area (Å²) in [6, 6.07) is 18.5. The Balaban J connectivity index is 1.56. The van der Waals surface area contributed by atoms with Crippen molar-refractivity contribution in [3.05, 3.63) is 97.0 Å². The van der Waals surface area contributed by atoms with Crippen LogP contribution in [0.4, 0.5) is 4.39 Å². The number of halogens is 1. The van der Waals surface area contributed by atoms with Crippen molar-refractivity contribution < 1.29 is 4.39 Å². The molecule has 0 radical (unpaired) electrons. The van der Waals surface area contributed by atoms with Crippen molar-refractivity contribution in [2.24, 2.45) is 0 Å². The Labute approximate surface area is 167 Å². The van der Waals surface area contributed by atoms with E-state index >= 15 is 0 Å². The van der Waals surface area contributed by atoms with E-state index in [4.69, 9.17) is 0 Å². The van der Waals surface area contributed by atoms with Crippen LogP contribution in [0.15, 0.2) is 85.5 Å². The van der Waals surface area contributed by atoms with Crippen molar-refractivity contribution in [3.63, 3.8) is 0 Å². The van der Waals surface area contributed by atoms with E-state index in [0.717, 1.165) is 45.0 Å². The Kier molecular flexibility index (Phi) is 4.13. The second-order valence-corrected chi connectivity index (χ2v) is 6.92. The highest BCUT2D eigenvalue weighted by molar-refractivity contribution is 5.73. The molecule has 0 aliphatic carbocycles. The lowest BCUT2D eigenvalue weighted by Gasteiger charge is -2.07. The highest BCUT2D eigenvalue weighted by Gasteiger charge is 2.10. The van der Waals surface area contributed by atoms with Crippen LogP contribution >= 0.6 is 0 Å². The average Bonchev–Trinajstić information content (AvgIpc) is 3.18. The van der Waals surface area contributed by atoms with Crippen molar-refractivity contribution in [2.45, 2.75) is 6.92 Å². The molecule has 140 valence electrons. The molecule has 1 aromatic carbocycles. The summed E-state index contributed by atoms with van der Waals surface area (Å²) in [5, 5.41) is 0. The number of rotatable bonds is 3. The minimum Gasteiger partial charge on any atom is -0.300 e. The number of benzene rings is 1. The van der Waals surface area contributed by atoms with Gasteiger partial charge in [0.1, 0.15) is 11.5 Å². The van der Waals surface area contributed by atoms with Gasteiger partial charge in [0, 0.05) is 41.0 Å². The van der Waals surface area contributed by atoms with Crippen molar-refractivity contribution in [2.75, 3.05) is 0 Å². The smallest absolute Gasteiger partial charge is 0.137 e. The van der Waals surface area contributed by atoms with Crippen LogP contribution in [-0.4, -0.2) is 19.4 Å². The zero-order chi connectivity index (χ0) is 19.8. The van der Waals surface area contributed by atoms with Crippen LogP contribution in [0.2, 0.25) is 0 Å². The van der Waals surface area contributed by atoms with Crippen LogP contribution in [0, 0.1) is 12.7 Å². The number of nitrogens with zero attached hydrogens (tertiary/aromatic N) is 4. The molecule has 4 aromatic heterocycles. The van der Waals surface area contributed by atoms with Crippen molar-refractivity contribution in [3.8, 4) is 33.6 Å². The summed E-state index contributed by atoms with van der Waals surface area (Å²) in [6.45, 7) is 1.97. The lowest BCUT2D eigenvalue weighted by molar-refractivity contribution is 0.628. The first-order chi connectivity index (χ1) is 14.2. The molecule has 29 heavy (non-hydrogen) atoms. The minimum atomic E-state index is -0.275. The molecule has 0 saturated carbocycles. The van der Waals surface area contributed by atoms with Crippen LogP contribution in [0.1, 0.15) is 5.69 Å². The number of hydrogen-bond acceptors (Lipinski definition) is 3. The molecule has 0 aliphatic rings. The van der Waals surface area contributed by atoms with E-state index in [2.05, 4.69) is 27.1 Å². The first-order valence-corrected chi connectivity index (χ1v) is 9.30. The molecule has 0 unspecified atom stereocenters. The molecule has 0 fully saturated rings. The van der Waals surface area contributed by atoms with E-state index in [-0.39, 0.29) is 5.82 Å². The molecule has 0 N–H and O–H groups in total. The molecule has 0 aliphatic heterocycles. The number of aryl methyl sites for hydroxylation is 1. The Hall–Kier alpha value is -3.86. The van der Waals surface area contributed by atoms with E-state index in [9.17, 15) is 4.39 Å². The number of aromatic nitrogens is 4. The maximum atomic E-state index is 13.6. The summed E-state index contributed by atoms with van der Waals surface area (Å²) in [4.78, 5) is 13.3. The Morgan fingerprint density at radius 1 is 0.759 bits per heavy atom. The molecule has 0 bridgehead atoms. The average molecular weight is 380 g/mol. The number of hydrogen-bond donors (Lipinski definition) is 0. The first kappa shape index (κ1) is 17.3. The SMILES string of the molecule is Cc1ccc(-c2ccn3c(-c4ccnc(-c5cccc(F)c5)c4)cnc3c2)cn1. The van der Waals surface area contributed by atoms with Crippen LogP contribution in [-0.2, 0) is 0 Å². The largest absolute Gasteiger partial charge is 0.300 e. The van der Waals surface area contributed by atoms with Gasteiger partial charge in [-0.15, -0.1) is 0 Å². The van der Waals surface area contributed by atoms with E-state index in [1.165, 1.54) is 12.1 Å². The van der Waals surface area contributed by atoms with Crippen LogP contribution in [0.25, 0.3) is 39.3 Å². The van der Waals surface area contributed by atoms with Gasteiger partial charge < -0.3 is 0 Å². The molecule has 4 heterocycles. The zero-order valence-corrected chi connectivity index (χ0v) is 15.7. The third-order valence-electron chi connectivity index (χ3n) is 4.93. The van der Waals surface area contributed by atoms with Gasteiger partial charge >= 0.3 is 0 Å². The van der Waals surface area contributed by atoms with Gasteiger partial charge in [0.2, 0.25) is 0 Å². The number of imidazole rings is 1. The summed E-state index contributed by atoms with van der Waals surface area (Å²) < 4.78 is 15.6. The third kappa shape index (κ3) is 3.27. The Bertz CT molecular complexity index is 1320. The lowest BCUT2D eigenvalue weighted by Crippen LogP contribution is -1.91. The summed E-state index contributed by atoms with van der Waals surface area (Å²) in [5.41, 5.74) is 7.35. The van der Waals surface area contributed by atoms with Gasteiger partial charge in [-0.3, -0.25) is 14.4 Å². The highest BCUT2D eigenvalue weighted by Crippen LogP contribution is 2.27. The van der Waals surface area contributed by atoms with Gasteiger partial charge in [0.05, 0.1) is 17.6 Å². The molecule has 0 atom stereocenters. The van der Waals surface area contributed by atoms with Gasteiger partial charge in [-0.1, -0.05) is 18.2 Å². The molecule has 5 aromatic rings. The summed E-state index contributed by atoms with van der Waals surface area (Å²) >= 11 is 0. The molecule has 0 amide bonds. The number of fused-ring (bicyclic) bond motifs is 1. The number of pyridine rings is 3. The minimum absolute atomic E-state index is 0.275. The maximum Gasteiger partial charge on any atom is 0.137 e. The third-order valence-corrected chi connectivity index (χ3v) is 4.93. The van der Waals surface area contributed by atoms with Gasteiger partial charge in [0.15, 0.2) is 0 Å². The first-order valence-electron chi connectivity index (χ1n) is 9.30. The summed E-state index contributed by atoms with van der Waals surface area (Å²) in [6.07, 6.45) is 7.47. The van der Waals surface area contributed by atoms with E-state index < -0.39 is 0 Å². The van der Waals surface area contributed by atoms with E-state index in [1.54, 1.807) is 12.3 Å². The fourth-order valence-corrected chi connectivity index (χ4v) is 3.41. The molecular weight excluding hydrogens is 363 g/mol. The van der Waals surface area contributed by atoms with E-state index in [0.29, 0.717) is 0 Å².